The van der Waals surface area contributed by atoms with Crippen LogP contribution in [-0.4, -0.2) is 44.8 Å². The number of para-hydroxylation sites is 1. The Kier molecular flexibility index (Phi) is 6.62. The highest BCUT2D eigenvalue weighted by atomic mass is 32.2. The lowest BCUT2D eigenvalue weighted by Crippen LogP contribution is -2.41. The summed E-state index contributed by atoms with van der Waals surface area (Å²) in [4.78, 5) is 15.5. The van der Waals surface area contributed by atoms with Crippen molar-refractivity contribution < 1.29 is 17.6 Å². The highest BCUT2D eigenvalue weighted by Crippen LogP contribution is 2.33. The number of nitrogens with one attached hydrogen (secondary N) is 1. The van der Waals surface area contributed by atoms with Crippen LogP contribution in [0.2, 0.25) is 0 Å². The minimum absolute atomic E-state index is 0.235. The quantitative estimate of drug-likeness (QED) is 0.684. The molecule has 3 aliphatic rings. The monoisotopic (exact) mass is 485 g/mol. The van der Waals surface area contributed by atoms with Gasteiger partial charge in [-0.05, 0) is 86.8 Å². The summed E-state index contributed by atoms with van der Waals surface area (Å²) in [6.45, 7) is 2.28. The molecule has 6 nitrogen and oxygen atoms in total. The fourth-order valence-corrected chi connectivity index (χ4v) is 6.98. The first-order chi connectivity index (χ1) is 16.4. The highest BCUT2D eigenvalue weighted by Gasteiger charge is 2.33. The average Bonchev–Trinajstić information content (AvgIpc) is 3.40. The van der Waals surface area contributed by atoms with Gasteiger partial charge in [0.1, 0.15) is 11.5 Å². The summed E-state index contributed by atoms with van der Waals surface area (Å²) in [5.74, 6) is -1.03. The fraction of sp³-hybridized carbons (Fsp3) is 0.500. The molecule has 34 heavy (non-hydrogen) atoms. The Morgan fingerprint density at radius 3 is 2.35 bits per heavy atom. The van der Waals surface area contributed by atoms with E-state index in [1.54, 1.807) is 12.1 Å². The number of fused-ring (bicyclic) bond motifs is 1. The van der Waals surface area contributed by atoms with Gasteiger partial charge in [-0.25, -0.2) is 12.8 Å². The minimum Gasteiger partial charge on any atom is -0.370 e. The van der Waals surface area contributed by atoms with Crippen LogP contribution in [0.3, 0.4) is 0 Å². The molecule has 2 aromatic rings. The number of aryl methyl sites for hydroxylation is 2. The van der Waals surface area contributed by atoms with Gasteiger partial charge in [0.15, 0.2) is 0 Å². The van der Waals surface area contributed by atoms with E-state index in [0.29, 0.717) is 17.7 Å². The summed E-state index contributed by atoms with van der Waals surface area (Å²) in [6, 6.07) is 10.4. The molecule has 2 fully saturated rings. The third-order valence-corrected chi connectivity index (χ3v) is 9.36. The van der Waals surface area contributed by atoms with Crippen molar-refractivity contribution in [3.63, 3.8) is 0 Å². The van der Waals surface area contributed by atoms with Crippen LogP contribution in [-0.2, 0) is 27.7 Å². The molecule has 2 saturated heterocycles. The Balaban J connectivity index is 1.25. The number of hydrogen-bond donors (Lipinski definition) is 1. The largest absolute Gasteiger partial charge is 0.370 e. The molecule has 5 rings (SSSR count). The number of carbonyl (C=O) groups excluding carboxylic acids is 1. The van der Waals surface area contributed by atoms with Gasteiger partial charge in [-0.1, -0.05) is 12.1 Å². The van der Waals surface area contributed by atoms with Crippen molar-refractivity contribution in [3.8, 4) is 0 Å². The maximum atomic E-state index is 14.6. The average molecular weight is 486 g/mol. The van der Waals surface area contributed by atoms with Gasteiger partial charge in [-0.3, -0.25) is 4.79 Å². The van der Waals surface area contributed by atoms with Crippen LogP contribution < -0.4 is 10.2 Å². The Labute approximate surface area is 201 Å². The summed E-state index contributed by atoms with van der Waals surface area (Å²) in [5, 5.41) is 2.82. The van der Waals surface area contributed by atoms with Crippen molar-refractivity contribution in [2.24, 2.45) is 5.92 Å². The zero-order valence-corrected chi connectivity index (χ0v) is 20.2. The van der Waals surface area contributed by atoms with Gasteiger partial charge in [-0.2, -0.15) is 4.31 Å². The Morgan fingerprint density at radius 1 is 0.912 bits per heavy atom. The van der Waals surface area contributed by atoms with Gasteiger partial charge in [0.2, 0.25) is 15.9 Å². The van der Waals surface area contributed by atoms with Gasteiger partial charge in [-0.15, -0.1) is 0 Å². The van der Waals surface area contributed by atoms with E-state index in [0.717, 1.165) is 62.9 Å². The third kappa shape index (κ3) is 4.58. The molecule has 0 aromatic heterocycles. The first-order valence-corrected chi connectivity index (χ1v) is 13.8. The lowest BCUT2D eigenvalue weighted by Gasteiger charge is -2.31. The van der Waals surface area contributed by atoms with Crippen LogP contribution in [0, 0.1) is 11.7 Å². The van der Waals surface area contributed by atoms with Crippen molar-refractivity contribution in [2.75, 3.05) is 36.4 Å². The number of amides is 1. The van der Waals surface area contributed by atoms with Crippen molar-refractivity contribution in [2.45, 2.75) is 56.3 Å². The third-order valence-electron chi connectivity index (χ3n) is 7.47. The number of nitrogens with zero attached hydrogens (tertiary/aromatic N) is 2. The van der Waals surface area contributed by atoms with E-state index < -0.39 is 15.8 Å². The van der Waals surface area contributed by atoms with E-state index in [2.05, 4.69) is 10.2 Å². The minimum atomic E-state index is -3.59. The van der Waals surface area contributed by atoms with Crippen LogP contribution >= 0.6 is 0 Å². The maximum Gasteiger partial charge on any atom is 0.243 e. The lowest BCUT2D eigenvalue weighted by molar-refractivity contribution is -0.120. The molecule has 2 aliphatic heterocycles. The Morgan fingerprint density at radius 2 is 1.62 bits per heavy atom. The highest BCUT2D eigenvalue weighted by molar-refractivity contribution is 7.89. The second-order valence-corrected chi connectivity index (χ2v) is 11.6. The summed E-state index contributed by atoms with van der Waals surface area (Å²) < 4.78 is 42.6. The van der Waals surface area contributed by atoms with Crippen LogP contribution in [0.5, 0.6) is 0 Å². The molecule has 0 radical (unpaired) electrons. The van der Waals surface area contributed by atoms with E-state index in [4.69, 9.17) is 0 Å². The summed E-state index contributed by atoms with van der Waals surface area (Å²) >= 11 is 0. The molecular weight excluding hydrogens is 453 g/mol. The van der Waals surface area contributed by atoms with Gasteiger partial charge in [0.25, 0.3) is 0 Å². The van der Waals surface area contributed by atoms with Crippen molar-refractivity contribution >= 4 is 27.3 Å². The molecule has 0 atom stereocenters. The van der Waals surface area contributed by atoms with Crippen molar-refractivity contribution in [1.82, 2.24) is 4.31 Å². The van der Waals surface area contributed by atoms with Gasteiger partial charge < -0.3 is 10.2 Å². The second-order valence-electron chi connectivity index (χ2n) is 9.63. The number of sulfonamides is 1. The summed E-state index contributed by atoms with van der Waals surface area (Å²) in [5.41, 5.74) is 3.35. The van der Waals surface area contributed by atoms with E-state index >= 15 is 0 Å². The van der Waals surface area contributed by atoms with Gasteiger partial charge >= 0.3 is 0 Å². The molecule has 1 N–H and O–H groups in total. The SMILES string of the molecule is O=C(Nc1c(F)cccc1N1CCCC1)C1CCN(S(=O)(=O)c2ccc3c(c2)CCCC3)CC1. The number of piperidine rings is 1. The standard InChI is InChI=1S/C26H32FN3O3S/c27-23-8-5-9-24(29-14-3-4-15-29)25(23)28-26(31)20-12-16-30(17-13-20)34(32,33)22-11-10-19-6-1-2-7-21(19)18-22/h5,8-11,18,20H,1-4,6-7,12-17H2,(H,28,31). The normalized spacial score (nSPS) is 19.7. The smallest absolute Gasteiger partial charge is 0.243 e. The molecule has 0 bridgehead atoms. The molecule has 2 aromatic carbocycles. The van der Waals surface area contributed by atoms with Crippen LogP contribution in [0.1, 0.15) is 49.7 Å². The number of rotatable bonds is 5. The van der Waals surface area contributed by atoms with E-state index in [-0.39, 0.29) is 30.6 Å². The lowest BCUT2D eigenvalue weighted by atomic mass is 9.92. The van der Waals surface area contributed by atoms with Crippen LogP contribution in [0.4, 0.5) is 15.8 Å². The summed E-state index contributed by atoms with van der Waals surface area (Å²) in [7, 11) is -3.59. The summed E-state index contributed by atoms with van der Waals surface area (Å²) in [6.07, 6.45) is 7.14. The topological polar surface area (TPSA) is 69.7 Å². The van der Waals surface area contributed by atoms with Crippen LogP contribution in [0.25, 0.3) is 0 Å². The first-order valence-electron chi connectivity index (χ1n) is 12.4. The molecule has 1 amide bonds. The van der Waals surface area contributed by atoms with Gasteiger partial charge in [0, 0.05) is 32.1 Å². The maximum absolute atomic E-state index is 14.6. The van der Waals surface area contributed by atoms with E-state index in [1.807, 2.05) is 18.2 Å². The zero-order chi connectivity index (χ0) is 23.7. The number of hydrogen-bond acceptors (Lipinski definition) is 4. The fourth-order valence-electron chi connectivity index (χ4n) is 5.46. The molecule has 1 aliphatic carbocycles. The molecular formula is C26H32FN3O3S. The van der Waals surface area contributed by atoms with Crippen molar-refractivity contribution in [1.29, 1.82) is 0 Å². The number of halogens is 1. The molecule has 0 spiro atoms. The first kappa shape index (κ1) is 23.3. The second kappa shape index (κ2) is 9.66. The Bertz CT molecular complexity index is 1170. The van der Waals surface area contributed by atoms with Crippen LogP contribution in [0.15, 0.2) is 41.3 Å². The predicted octanol–water partition coefficient (Wildman–Crippen LogP) is 4.34. The molecule has 2 heterocycles. The van der Waals surface area contributed by atoms with Gasteiger partial charge in [0.05, 0.1) is 10.6 Å². The van der Waals surface area contributed by atoms with E-state index in [1.165, 1.54) is 15.9 Å². The Hall–Kier alpha value is -2.45. The molecule has 0 unspecified atom stereocenters. The zero-order valence-electron chi connectivity index (χ0n) is 19.4. The molecule has 0 saturated carbocycles. The van der Waals surface area contributed by atoms with Crippen molar-refractivity contribution in [3.05, 3.63) is 53.3 Å². The predicted molar refractivity (Wildman–Crippen MR) is 131 cm³/mol. The molecule has 182 valence electrons. The number of carbonyl (C=O) groups is 1. The number of benzene rings is 2. The number of anilines is 2. The van der Waals surface area contributed by atoms with E-state index in [9.17, 15) is 17.6 Å². The molecule has 8 heteroatoms.